The molecule has 1 aromatic rings. The van der Waals surface area contributed by atoms with Crippen LogP contribution in [0.3, 0.4) is 0 Å². The molecular formula is C13H16BrNO2. The van der Waals surface area contributed by atoms with Gasteiger partial charge in [0, 0.05) is 16.2 Å². The van der Waals surface area contributed by atoms with Crippen LogP contribution in [0.25, 0.3) is 0 Å². The highest BCUT2D eigenvalue weighted by atomic mass is 79.9. The Bertz CT molecular complexity index is 391. The van der Waals surface area contributed by atoms with Gasteiger partial charge in [0.2, 0.25) is 0 Å². The van der Waals surface area contributed by atoms with Gasteiger partial charge in [-0.1, -0.05) is 22.4 Å². The number of halogens is 1. The highest BCUT2D eigenvalue weighted by molar-refractivity contribution is 9.10. The van der Waals surface area contributed by atoms with Gasteiger partial charge < -0.3 is 10.4 Å². The molecule has 2 atom stereocenters. The van der Waals surface area contributed by atoms with Crippen molar-refractivity contribution in [2.75, 3.05) is 5.32 Å². The topological polar surface area (TPSA) is 49.3 Å². The monoisotopic (exact) mass is 297 g/mol. The van der Waals surface area contributed by atoms with Crippen LogP contribution >= 0.6 is 15.9 Å². The van der Waals surface area contributed by atoms with Crippen LogP contribution in [0.5, 0.6) is 0 Å². The highest BCUT2D eigenvalue weighted by Gasteiger charge is 2.26. The summed E-state index contributed by atoms with van der Waals surface area (Å²) in [6.45, 7) is 0. The zero-order chi connectivity index (χ0) is 12.3. The van der Waals surface area contributed by atoms with Crippen LogP contribution in [-0.2, 0) is 4.79 Å². The van der Waals surface area contributed by atoms with Crippen LogP contribution in [0.4, 0.5) is 5.69 Å². The van der Waals surface area contributed by atoms with Crippen molar-refractivity contribution >= 4 is 27.6 Å². The molecule has 1 fully saturated rings. The molecule has 1 aliphatic rings. The summed E-state index contributed by atoms with van der Waals surface area (Å²) in [4.78, 5) is 11.0. The summed E-state index contributed by atoms with van der Waals surface area (Å²) in [5.74, 6) is -0.844. The maximum Gasteiger partial charge on any atom is 0.306 e. The third kappa shape index (κ3) is 3.46. The van der Waals surface area contributed by atoms with Crippen molar-refractivity contribution < 1.29 is 9.90 Å². The number of carboxylic acid groups (broad SMARTS) is 1. The van der Waals surface area contributed by atoms with Gasteiger partial charge in [0.25, 0.3) is 0 Å². The van der Waals surface area contributed by atoms with E-state index in [4.69, 9.17) is 5.11 Å². The van der Waals surface area contributed by atoms with Gasteiger partial charge >= 0.3 is 5.97 Å². The summed E-state index contributed by atoms with van der Waals surface area (Å²) < 4.78 is 1.05. The maximum atomic E-state index is 11.0. The number of nitrogens with one attached hydrogen (secondary N) is 1. The Labute approximate surface area is 109 Å². The smallest absolute Gasteiger partial charge is 0.306 e. The zero-order valence-corrected chi connectivity index (χ0v) is 11.1. The van der Waals surface area contributed by atoms with Crippen molar-refractivity contribution in [2.45, 2.75) is 31.7 Å². The number of carboxylic acids is 1. The minimum Gasteiger partial charge on any atom is -0.481 e. The third-order valence-corrected chi connectivity index (χ3v) is 3.77. The molecule has 17 heavy (non-hydrogen) atoms. The van der Waals surface area contributed by atoms with Crippen LogP contribution in [-0.4, -0.2) is 17.1 Å². The molecule has 0 amide bonds. The van der Waals surface area contributed by atoms with Crippen LogP contribution < -0.4 is 5.32 Å². The fraction of sp³-hybridized carbons (Fsp3) is 0.462. The standard InChI is InChI=1S/C13H16BrNO2/c14-10-4-6-11(7-5-10)15-12-3-1-2-9(8-12)13(16)17/h4-7,9,12,15H,1-3,8H2,(H,16,17). The third-order valence-electron chi connectivity index (χ3n) is 3.24. The summed E-state index contributed by atoms with van der Waals surface area (Å²) in [6.07, 6.45) is 3.59. The van der Waals surface area contributed by atoms with Crippen molar-refractivity contribution in [3.63, 3.8) is 0 Å². The first-order chi connectivity index (χ1) is 8.15. The van der Waals surface area contributed by atoms with E-state index >= 15 is 0 Å². The second kappa shape index (κ2) is 5.54. The SMILES string of the molecule is O=C(O)C1CCCC(Nc2ccc(Br)cc2)C1. The van der Waals surface area contributed by atoms with E-state index in [0.29, 0.717) is 0 Å². The molecule has 0 radical (unpaired) electrons. The summed E-state index contributed by atoms with van der Waals surface area (Å²) in [6, 6.07) is 8.27. The Morgan fingerprint density at radius 1 is 1.29 bits per heavy atom. The molecule has 1 saturated carbocycles. The Morgan fingerprint density at radius 3 is 2.65 bits per heavy atom. The summed E-state index contributed by atoms with van der Waals surface area (Å²) in [7, 11) is 0. The molecule has 3 nitrogen and oxygen atoms in total. The molecule has 4 heteroatoms. The average Bonchev–Trinajstić information content (AvgIpc) is 2.32. The second-order valence-corrected chi connectivity index (χ2v) is 5.47. The first-order valence-corrected chi connectivity index (χ1v) is 6.69. The molecule has 0 aromatic heterocycles. The highest BCUT2D eigenvalue weighted by Crippen LogP contribution is 2.27. The lowest BCUT2D eigenvalue weighted by Gasteiger charge is -2.28. The Balaban J connectivity index is 1.94. The summed E-state index contributed by atoms with van der Waals surface area (Å²) >= 11 is 3.39. The van der Waals surface area contributed by atoms with Crippen LogP contribution in [0.1, 0.15) is 25.7 Å². The van der Waals surface area contributed by atoms with Gasteiger partial charge in [-0.25, -0.2) is 0 Å². The number of rotatable bonds is 3. The van der Waals surface area contributed by atoms with E-state index in [1.165, 1.54) is 0 Å². The Hall–Kier alpha value is -1.03. The number of carbonyl (C=O) groups is 1. The van der Waals surface area contributed by atoms with Gasteiger partial charge in [-0.3, -0.25) is 4.79 Å². The predicted octanol–water partition coefficient (Wildman–Crippen LogP) is 3.50. The fourth-order valence-electron chi connectivity index (χ4n) is 2.33. The van der Waals surface area contributed by atoms with Crippen LogP contribution in [0, 0.1) is 5.92 Å². The van der Waals surface area contributed by atoms with Crippen molar-refractivity contribution in [1.29, 1.82) is 0 Å². The number of hydrogen-bond donors (Lipinski definition) is 2. The van der Waals surface area contributed by atoms with E-state index in [1.807, 2.05) is 24.3 Å². The van der Waals surface area contributed by atoms with Gasteiger partial charge in [0.15, 0.2) is 0 Å². The average molecular weight is 298 g/mol. The molecule has 0 heterocycles. The largest absolute Gasteiger partial charge is 0.481 e. The number of benzene rings is 1. The van der Waals surface area contributed by atoms with Gasteiger partial charge in [0.05, 0.1) is 5.92 Å². The molecule has 2 N–H and O–H groups in total. The van der Waals surface area contributed by atoms with E-state index in [2.05, 4.69) is 21.2 Å². The van der Waals surface area contributed by atoms with Crippen molar-refractivity contribution in [1.82, 2.24) is 0 Å². The van der Waals surface area contributed by atoms with E-state index in [-0.39, 0.29) is 12.0 Å². The first kappa shape index (κ1) is 12.4. The quantitative estimate of drug-likeness (QED) is 0.898. The molecule has 0 bridgehead atoms. The lowest BCUT2D eigenvalue weighted by molar-refractivity contribution is -0.142. The van der Waals surface area contributed by atoms with Crippen molar-refractivity contribution in [3.8, 4) is 0 Å². The molecule has 92 valence electrons. The van der Waals surface area contributed by atoms with E-state index in [9.17, 15) is 4.79 Å². The number of aliphatic carboxylic acids is 1. The lowest BCUT2D eigenvalue weighted by atomic mass is 9.85. The minimum absolute atomic E-state index is 0.184. The predicted molar refractivity (Wildman–Crippen MR) is 71.1 cm³/mol. The molecule has 1 aliphatic carbocycles. The lowest BCUT2D eigenvalue weighted by Crippen LogP contribution is -2.30. The summed E-state index contributed by atoms with van der Waals surface area (Å²) in [5, 5.41) is 12.4. The summed E-state index contributed by atoms with van der Waals surface area (Å²) in [5.41, 5.74) is 1.06. The minimum atomic E-state index is -0.660. The molecule has 0 aliphatic heterocycles. The number of hydrogen-bond acceptors (Lipinski definition) is 2. The van der Waals surface area contributed by atoms with Gasteiger partial charge in [0.1, 0.15) is 0 Å². The fourth-order valence-corrected chi connectivity index (χ4v) is 2.59. The molecule has 0 saturated heterocycles. The molecule has 2 rings (SSSR count). The van der Waals surface area contributed by atoms with Crippen LogP contribution in [0.2, 0.25) is 0 Å². The molecular weight excluding hydrogens is 282 g/mol. The Kier molecular flexibility index (Phi) is 4.05. The molecule has 2 unspecified atom stereocenters. The maximum absolute atomic E-state index is 11.0. The van der Waals surface area contributed by atoms with Gasteiger partial charge in [-0.2, -0.15) is 0 Å². The normalized spacial score (nSPS) is 24.3. The zero-order valence-electron chi connectivity index (χ0n) is 9.53. The second-order valence-electron chi connectivity index (χ2n) is 4.55. The molecule has 1 aromatic carbocycles. The van der Waals surface area contributed by atoms with Crippen molar-refractivity contribution in [3.05, 3.63) is 28.7 Å². The van der Waals surface area contributed by atoms with Gasteiger partial charge in [-0.05, 0) is 43.5 Å². The van der Waals surface area contributed by atoms with E-state index in [1.54, 1.807) is 0 Å². The van der Waals surface area contributed by atoms with Gasteiger partial charge in [-0.15, -0.1) is 0 Å². The van der Waals surface area contributed by atoms with E-state index < -0.39 is 5.97 Å². The van der Waals surface area contributed by atoms with E-state index in [0.717, 1.165) is 35.8 Å². The van der Waals surface area contributed by atoms with Crippen molar-refractivity contribution in [2.24, 2.45) is 5.92 Å². The number of anilines is 1. The first-order valence-electron chi connectivity index (χ1n) is 5.90. The molecule has 0 spiro atoms. The Morgan fingerprint density at radius 2 is 2.00 bits per heavy atom. The van der Waals surface area contributed by atoms with Crippen LogP contribution in [0.15, 0.2) is 28.7 Å².